The fourth-order valence-corrected chi connectivity index (χ4v) is 2.89. The molecule has 1 aromatic heterocycles. The number of hydrogen-bond acceptors (Lipinski definition) is 4. The number of fused-ring (bicyclic) bond motifs is 1. The first-order valence-corrected chi connectivity index (χ1v) is 6.46. The van der Waals surface area contributed by atoms with Gasteiger partial charge in [0.15, 0.2) is 0 Å². The second kappa shape index (κ2) is 4.68. The van der Waals surface area contributed by atoms with Gasteiger partial charge in [-0.2, -0.15) is 11.8 Å². The molecule has 0 amide bonds. The molecule has 2 heterocycles. The van der Waals surface area contributed by atoms with Crippen molar-refractivity contribution in [2.75, 3.05) is 20.6 Å². The van der Waals surface area contributed by atoms with Gasteiger partial charge in [0.25, 0.3) is 0 Å². The molecular formula is C10H14ClN3S. The summed E-state index contributed by atoms with van der Waals surface area (Å²) in [7, 11) is 4.09. The van der Waals surface area contributed by atoms with Gasteiger partial charge < -0.3 is 4.90 Å². The van der Waals surface area contributed by atoms with Gasteiger partial charge in [0.2, 0.25) is 0 Å². The van der Waals surface area contributed by atoms with E-state index in [9.17, 15) is 0 Å². The Labute approximate surface area is 99.2 Å². The highest BCUT2D eigenvalue weighted by atomic mass is 35.5. The van der Waals surface area contributed by atoms with Gasteiger partial charge >= 0.3 is 0 Å². The Hall–Kier alpha value is -0.320. The molecule has 82 valence electrons. The molecule has 0 bridgehead atoms. The first-order chi connectivity index (χ1) is 7.16. The minimum absolute atomic E-state index is 0.652. The number of thioether (sulfide) groups is 1. The molecule has 1 aliphatic heterocycles. The predicted molar refractivity (Wildman–Crippen MR) is 64.3 cm³/mol. The lowest BCUT2D eigenvalue weighted by Crippen LogP contribution is -2.16. The SMILES string of the molecule is CN(C)CCc1nc(Cl)c2c(n1)CSC2. The van der Waals surface area contributed by atoms with Crippen molar-refractivity contribution in [2.24, 2.45) is 0 Å². The summed E-state index contributed by atoms with van der Waals surface area (Å²) in [4.78, 5) is 11.0. The number of rotatable bonds is 3. The molecule has 0 atom stereocenters. The van der Waals surface area contributed by atoms with E-state index in [-0.39, 0.29) is 0 Å². The summed E-state index contributed by atoms with van der Waals surface area (Å²) in [5.74, 6) is 2.81. The van der Waals surface area contributed by atoms with Crippen molar-refractivity contribution in [3.05, 3.63) is 22.2 Å². The van der Waals surface area contributed by atoms with Crippen LogP contribution in [0.5, 0.6) is 0 Å². The second-order valence-corrected chi connectivity index (χ2v) is 5.25. The normalized spacial score (nSPS) is 14.7. The molecule has 0 radical (unpaired) electrons. The molecule has 0 aromatic carbocycles. The van der Waals surface area contributed by atoms with Crippen LogP contribution in [0.4, 0.5) is 0 Å². The molecule has 3 nitrogen and oxygen atoms in total. The minimum Gasteiger partial charge on any atom is -0.309 e. The van der Waals surface area contributed by atoms with Gasteiger partial charge in [-0.15, -0.1) is 0 Å². The van der Waals surface area contributed by atoms with Crippen LogP contribution in [0, 0.1) is 0 Å². The van der Waals surface area contributed by atoms with E-state index < -0.39 is 0 Å². The van der Waals surface area contributed by atoms with E-state index >= 15 is 0 Å². The first-order valence-electron chi connectivity index (χ1n) is 4.93. The monoisotopic (exact) mass is 243 g/mol. The molecule has 5 heteroatoms. The van der Waals surface area contributed by atoms with Crippen molar-refractivity contribution in [2.45, 2.75) is 17.9 Å². The lowest BCUT2D eigenvalue weighted by atomic mass is 10.2. The van der Waals surface area contributed by atoms with Gasteiger partial charge in [-0.05, 0) is 14.1 Å². The van der Waals surface area contributed by atoms with Crippen LogP contribution in [0.1, 0.15) is 17.1 Å². The number of nitrogens with zero attached hydrogens (tertiary/aromatic N) is 3. The molecule has 0 fully saturated rings. The van der Waals surface area contributed by atoms with Crippen LogP contribution >= 0.6 is 23.4 Å². The third-order valence-corrected chi connectivity index (χ3v) is 3.64. The topological polar surface area (TPSA) is 29.0 Å². The van der Waals surface area contributed by atoms with Crippen molar-refractivity contribution >= 4 is 23.4 Å². The van der Waals surface area contributed by atoms with E-state index in [1.807, 2.05) is 25.9 Å². The van der Waals surface area contributed by atoms with Crippen LogP contribution in [0.2, 0.25) is 5.15 Å². The highest BCUT2D eigenvalue weighted by Crippen LogP contribution is 2.32. The number of hydrogen-bond donors (Lipinski definition) is 0. The summed E-state index contributed by atoms with van der Waals surface area (Å²) < 4.78 is 0. The minimum atomic E-state index is 0.652. The molecule has 2 rings (SSSR count). The Balaban J connectivity index is 2.16. The Morgan fingerprint density at radius 2 is 2.13 bits per heavy atom. The van der Waals surface area contributed by atoms with Gasteiger partial charge in [0.05, 0.1) is 5.69 Å². The van der Waals surface area contributed by atoms with E-state index in [4.69, 9.17) is 11.6 Å². The Morgan fingerprint density at radius 3 is 2.87 bits per heavy atom. The van der Waals surface area contributed by atoms with Crippen molar-refractivity contribution in [1.29, 1.82) is 0 Å². The summed E-state index contributed by atoms with van der Waals surface area (Å²) >= 11 is 7.96. The second-order valence-electron chi connectivity index (χ2n) is 3.90. The molecule has 15 heavy (non-hydrogen) atoms. The highest BCUT2D eigenvalue weighted by Gasteiger charge is 2.18. The smallest absolute Gasteiger partial charge is 0.137 e. The summed E-state index contributed by atoms with van der Waals surface area (Å²) in [6.07, 6.45) is 0.866. The van der Waals surface area contributed by atoms with Crippen molar-refractivity contribution in [3.63, 3.8) is 0 Å². The van der Waals surface area contributed by atoms with E-state index in [1.165, 1.54) is 0 Å². The molecule has 0 N–H and O–H groups in total. The van der Waals surface area contributed by atoms with Crippen molar-refractivity contribution in [1.82, 2.24) is 14.9 Å². The van der Waals surface area contributed by atoms with Gasteiger partial charge in [-0.25, -0.2) is 9.97 Å². The Kier molecular flexibility index (Phi) is 3.49. The summed E-state index contributed by atoms with van der Waals surface area (Å²) in [5.41, 5.74) is 2.27. The third kappa shape index (κ3) is 2.62. The van der Waals surface area contributed by atoms with E-state index in [2.05, 4.69) is 14.9 Å². The first kappa shape index (κ1) is 11.2. The Morgan fingerprint density at radius 1 is 1.33 bits per heavy atom. The summed E-state index contributed by atoms with van der Waals surface area (Å²) in [5, 5.41) is 0.652. The molecule has 1 aliphatic rings. The third-order valence-electron chi connectivity index (χ3n) is 2.36. The average Bonchev–Trinajstić information content (AvgIpc) is 2.63. The van der Waals surface area contributed by atoms with Crippen LogP contribution < -0.4 is 0 Å². The molecule has 0 saturated heterocycles. The van der Waals surface area contributed by atoms with E-state index in [0.717, 1.165) is 41.6 Å². The lowest BCUT2D eigenvalue weighted by molar-refractivity contribution is 0.409. The Bertz CT molecular complexity index is 368. The van der Waals surface area contributed by atoms with Gasteiger partial charge in [-0.3, -0.25) is 0 Å². The standard InChI is InChI=1S/C10H14ClN3S/c1-14(2)4-3-9-12-8-6-15-5-7(8)10(11)13-9/h3-6H2,1-2H3. The molecule has 1 aromatic rings. The summed E-state index contributed by atoms with van der Waals surface area (Å²) in [6.45, 7) is 0.961. The highest BCUT2D eigenvalue weighted by molar-refractivity contribution is 7.98. The summed E-state index contributed by atoms with van der Waals surface area (Å²) in [6, 6.07) is 0. The van der Waals surface area contributed by atoms with Gasteiger partial charge in [0.1, 0.15) is 11.0 Å². The lowest BCUT2D eigenvalue weighted by Gasteiger charge is -2.09. The number of likely N-dealkylation sites (N-methyl/N-ethyl adjacent to an activating group) is 1. The zero-order valence-corrected chi connectivity index (χ0v) is 10.5. The van der Waals surface area contributed by atoms with Crippen LogP contribution in [-0.4, -0.2) is 35.5 Å². The molecule has 0 saturated carbocycles. The van der Waals surface area contributed by atoms with E-state index in [0.29, 0.717) is 5.15 Å². The molecule has 0 aliphatic carbocycles. The maximum absolute atomic E-state index is 6.11. The van der Waals surface area contributed by atoms with E-state index in [1.54, 1.807) is 0 Å². The quantitative estimate of drug-likeness (QED) is 0.760. The molecule has 0 unspecified atom stereocenters. The fourth-order valence-electron chi connectivity index (χ4n) is 1.50. The number of aromatic nitrogens is 2. The maximum Gasteiger partial charge on any atom is 0.137 e. The van der Waals surface area contributed by atoms with Crippen LogP contribution in [0.3, 0.4) is 0 Å². The largest absolute Gasteiger partial charge is 0.309 e. The van der Waals surface area contributed by atoms with Crippen molar-refractivity contribution < 1.29 is 0 Å². The van der Waals surface area contributed by atoms with Gasteiger partial charge in [0, 0.05) is 30.0 Å². The average molecular weight is 244 g/mol. The van der Waals surface area contributed by atoms with Crippen LogP contribution in [0.25, 0.3) is 0 Å². The van der Waals surface area contributed by atoms with Gasteiger partial charge in [-0.1, -0.05) is 11.6 Å². The maximum atomic E-state index is 6.11. The van der Waals surface area contributed by atoms with Crippen LogP contribution in [-0.2, 0) is 17.9 Å². The number of halogens is 1. The zero-order chi connectivity index (χ0) is 10.8. The fraction of sp³-hybridized carbons (Fsp3) is 0.600. The predicted octanol–water partition coefficient (Wildman–Crippen LogP) is 1.98. The molecule has 0 spiro atoms. The van der Waals surface area contributed by atoms with Crippen LogP contribution in [0.15, 0.2) is 0 Å². The van der Waals surface area contributed by atoms with Crippen molar-refractivity contribution in [3.8, 4) is 0 Å². The zero-order valence-electron chi connectivity index (χ0n) is 8.96. The molecular weight excluding hydrogens is 230 g/mol.